The summed E-state index contributed by atoms with van der Waals surface area (Å²) in [7, 11) is 0. The lowest BCUT2D eigenvalue weighted by Crippen LogP contribution is -2.29. The number of nitrogens with zero attached hydrogens (tertiary/aromatic N) is 8. The number of alkyl halides is 1. The van der Waals surface area contributed by atoms with Crippen molar-refractivity contribution in [3.05, 3.63) is 107 Å². The van der Waals surface area contributed by atoms with Crippen LogP contribution in [0, 0.1) is 13.8 Å². The van der Waals surface area contributed by atoms with E-state index in [-0.39, 0.29) is 60.0 Å². The summed E-state index contributed by atoms with van der Waals surface area (Å²) in [5.74, 6) is 0.352. The molecule has 0 aromatic carbocycles. The number of esters is 1. The number of hydrogen-bond donors (Lipinski definition) is 4. The molecule has 5 N–H and O–H groups in total. The summed E-state index contributed by atoms with van der Waals surface area (Å²) in [5.41, 5.74) is 8.77. The third-order valence-corrected chi connectivity index (χ3v) is 9.44. The molecular weight excluding hydrogens is 962 g/mol. The minimum Gasteiger partial charge on any atom is -0.465 e. The van der Waals surface area contributed by atoms with Crippen molar-refractivity contribution >= 4 is 84.2 Å². The van der Waals surface area contributed by atoms with Gasteiger partial charge in [-0.1, -0.05) is 55.5 Å². The number of aromatic nitrogens is 7. The number of anilines is 1. The monoisotopic (exact) mass is 1020 g/mol. The van der Waals surface area contributed by atoms with E-state index >= 15 is 0 Å². The number of aliphatic hydroxyl groups excluding tert-OH is 1. The molecule has 0 amide bonds. The van der Waals surface area contributed by atoms with Crippen molar-refractivity contribution < 1.29 is 24.2 Å². The van der Waals surface area contributed by atoms with E-state index < -0.39 is 10.8 Å². The zero-order chi connectivity index (χ0) is 44.9. The maximum Gasteiger partial charge on any atom is 0.327 e. The summed E-state index contributed by atoms with van der Waals surface area (Å²) >= 11 is 8.93. The molecule has 0 aliphatic rings. The molecule has 0 bridgehead atoms. The number of carbonyl (C=O) groups excluding carboxylic acids is 3. The summed E-state index contributed by atoms with van der Waals surface area (Å²) in [6, 6.07) is 10.8. The smallest absolute Gasteiger partial charge is 0.327 e. The van der Waals surface area contributed by atoms with Gasteiger partial charge in [0.25, 0.3) is 0 Å². The van der Waals surface area contributed by atoms with Gasteiger partial charge in [0, 0.05) is 50.7 Å². The highest BCUT2D eigenvalue weighted by Gasteiger charge is 2.26. The van der Waals surface area contributed by atoms with Gasteiger partial charge in [-0.25, -0.2) is 24.9 Å². The average Bonchev–Trinajstić information content (AvgIpc) is 3.69. The SMILES string of the molecule is Br.C.CC(=O)c1sc(NCc2ncccn2)nc1-c1cc(C)ccn1.CCN(CC)CC.CCO.CCOC(=O)C(Br)C(=O)c1cc(C)ccn1.NC(=S)NCc1ncccn1. The van der Waals surface area contributed by atoms with Crippen LogP contribution in [0.4, 0.5) is 5.13 Å². The van der Waals surface area contributed by atoms with Crippen molar-refractivity contribution in [2.75, 3.05) is 38.2 Å². The molecule has 0 saturated carbocycles. The minimum atomic E-state index is -0.984. The number of halogens is 2. The van der Waals surface area contributed by atoms with Crippen LogP contribution in [0.2, 0.25) is 0 Å². The number of nitrogens with two attached hydrogens (primary N) is 1. The first-order valence-corrected chi connectivity index (χ1v) is 21.2. The quantitative estimate of drug-likeness (QED) is 0.0280. The molecule has 0 saturated heterocycles. The molecule has 0 aliphatic carbocycles. The number of aliphatic hydroxyl groups is 1. The van der Waals surface area contributed by atoms with Gasteiger partial charge in [-0.15, -0.1) is 17.0 Å². The molecule has 5 rings (SSSR count). The highest BCUT2D eigenvalue weighted by molar-refractivity contribution is 9.10. The van der Waals surface area contributed by atoms with Crippen molar-refractivity contribution in [2.24, 2.45) is 5.73 Å². The number of thiocarbonyl (C=S) groups is 1. The second-order valence-corrected chi connectivity index (χ2v) is 14.4. The molecule has 1 atom stereocenters. The van der Waals surface area contributed by atoms with Gasteiger partial charge in [0.15, 0.2) is 20.9 Å². The van der Waals surface area contributed by atoms with Gasteiger partial charge in [0.2, 0.25) is 5.78 Å². The third kappa shape index (κ3) is 24.1. The van der Waals surface area contributed by atoms with Gasteiger partial charge in [0.05, 0.1) is 25.4 Å². The standard InChI is InChI=1S/C16H15N5OS.C11H12BrNO3.C6H8N4S.C6H15N.C2H6O.CH4.BrH/c1-10-4-7-17-12(8-10)14-15(11(2)22)23-16(21-14)20-9-13-18-5-3-6-19-13;1-3-16-11(15)9(12)10(14)8-6-7(2)4-5-13-8;7-6(11)10-4-5-8-2-1-3-9-5;1-4-7(5-2)6-3;1-2-3;;/h3-8H,9H2,1-2H3,(H,20,21);4-6,9H,3H2,1-2H3;1-3H,4H2,(H3,7,10,11);4-6H2,1-3H3;3H,2H2,1H3;1H4;1H. The highest BCUT2D eigenvalue weighted by Crippen LogP contribution is 2.31. The van der Waals surface area contributed by atoms with Crippen molar-refractivity contribution in [1.82, 2.24) is 45.1 Å². The Morgan fingerprint density at radius 2 is 1.35 bits per heavy atom. The Morgan fingerprint density at radius 3 is 1.79 bits per heavy atom. The predicted octanol–water partition coefficient (Wildman–Crippen LogP) is 7.39. The van der Waals surface area contributed by atoms with E-state index in [2.05, 4.69) is 99.3 Å². The van der Waals surface area contributed by atoms with E-state index in [4.69, 9.17) is 15.6 Å². The molecule has 0 aliphatic heterocycles. The maximum absolute atomic E-state index is 11.9. The van der Waals surface area contributed by atoms with E-state index in [0.717, 1.165) is 11.1 Å². The Kier molecular flexibility index (Phi) is 33.3. The minimum absolute atomic E-state index is 0. The van der Waals surface area contributed by atoms with Crippen molar-refractivity contribution in [3.63, 3.8) is 0 Å². The average molecular weight is 1020 g/mol. The van der Waals surface area contributed by atoms with Crippen LogP contribution in [0.1, 0.15) is 91.9 Å². The second kappa shape index (κ2) is 34.8. The van der Waals surface area contributed by atoms with Gasteiger partial charge >= 0.3 is 5.97 Å². The van der Waals surface area contributed by atoms with Crippen LogP contribution < -0.4 is 16.4 Å². The maximum atomic E-state index is 11.9. The van der Waals surface area contributed by atoms with Crippen LogP contribution in [0.5, 0.6) is 0 Å². The number of Topliss-reactive ketones (excluding diaryl/α,β-unsaturated/α-hetero) is 2. The van der Waals surface area contributed by atoms with E-state index in [1.54, 1.807) is 69.1 Å². The Balaban J connectivity index is 0. The van der Waals surface area contributed by atoms with Gasteiger partial charge in [-0.2, -0.15) is 0 Å². The van der Waals surface area contributed by atoms with Gasteiger partial charge in [-0.3, -0.25) is 24.4 Å². The Morgan fingerprint density at radius 1 is 0.855 bits per heavy atom. The Labute approximate surface area is 394 Å². The fourth-order valence-electron chi connectivity index (χ4n) is 4.43. The number of nitrogens with one attached hydrogen (secondary N) is 2. The summed E-state index contributed by atoms with van der Waals surface area (Å²) in [6.45, 7) is 20.3. The first kappa shape index (κ1) is 59.4. The molecule has 5 aromatic heterocycles. The number of thiazole rings is 1. The molecule has 340 valence electrons. The first-order valence-electron chi connectivity index (χ1n) is 19.1. The molecule has 5 aromatic rings. The third-order valence-electron chi connectivity index (χ3n) is 7.40. The number of ether oxygens (including phenoxy) is 1. The van der Waals surface area contributed by atoms with Crippen molar-refractivity contribution in [3.8, 4) is 11.4 Å². The lowest BCUT2D eigenvalue weighted by atomic mass is 10.1. The second-order valence-electron chi connectivity index (χ2n) is 12.0. The number of hydrogen-bond acceptors (Lipinski definition) is 16. The molecule has 1 unspecified atom stereocenters. The van der Waals surface area contributed by atoms with Crippen LogP contribution in [0.15, 0.2) is 73.6 Å². The van der Waals surface area contributed by atoms with Crippen LogP contribution in [-0.4, -0.2) is 105 Å². The summed E-state index contributed by atoms with van der Waals surface area (Å²) < 4.78 is 4.74. The molecule has 16 nitrogen and oxygen atoms in total. The van der Waals surface area contributed by atoms with Crippen LogP contribution in [0.25, 0.3) is 11.4 Å². The van der Waals surface area contributed by atoms with Crippen LogP contribution in [0.3, 0.4) is 0 Å². The zero-order valence-electron chi connectivity index (χ0n) is 35.8. The van der Waals surface area contributed by atoms with E-state index in [1.807, 2.05) is 26.0 Å². The zero-order valence-corrected chi connectivity index (χ0v) is 40.7. The largest absolute Gasteiger partial charge is 0.465 e. The summed E-state index contributed by atoms with van der Waals surface area (Å²) in [5, 5.41) is 14.4. The van der Waals surface area contributed by atoms with Gasteiger partial charge in [-0.05, 0) is 107 Å². The molecule has 0 spiro atoms. The topological polar surface area (TPSA) is 224 Å². The molecule has 0 fully saturated rings. The molecule has 20 heteroatoms. The molecule has 62 heavy (non-hydrogen) atoms. The normalized spacial score (nSPS) is 10.0. The molecular formula is C42H61Br2N11O5S2. The van der Waals surface area contributed by atoms with E-state index in [9.17, 15) is 14.4 Å². The lowest BCUT2D eigenvalue weighted by molar-refractivity contribution is -0.141. The van der Waals surface area contributed by atoms with Gasteiger partial charge in [0.1, 0.15) is 27.9 Å². The van der Waals surface area contributed by atoms with Crippen molar-refractivity contribution in [1.29, 1.82) is 0 Å². The van der Waals surface area contributed by atoms with E-state index in [0.29, 0.717) is 46.1 Å². The Hall–Kier alpha value is -4.73. The number of carbonyl (C=O) groups is 3. The predicted molar refractivity (Wildman–Crippen MR) is 261 cm³/mol. The molecule has 0 radical (unpaired) electrons. The molecule has 5 heterocycles. The van der Waals surface area contributed by atoms with Crippen LogP contribution >= 0.6 is 56.5 Å². The van der Waals surface area contributed by atoms with Crippen LogP contribution in [-0.2, 0) is 22.6 Å². The number of rotatable bonds is 14. The first-order chi connectivity index (χ1) is 28.7. The fraction of sp³-hybridized carbons (Fsp3) is 0.405. The number of pyridine rings is 2. The van der Waals surface area contributed by atoms with Gasteiger partial charge < -0.3 is 31.1 Å². The summed E-state index contributed by atoms with van der Waals surface area (Å²) in [4.78, 5) is 66.0. The van der Waals surface area contributed by atoms with Crippen molar-refractivity contribution in [2.45, 2.75) is 80.7 Å². The lowest BCUT2D eigenvalue weighted by Gasteiger charge is -2.13. The number of aryl methyl sites for hydroxylation is 2. The summed E-state index contributed by atoms with van der Waals surface area (Å²) in [6.07, 6.45) is 9.98. The fourth-order valence-corrected chi connectivity index (χ4v) is 5.74. The highest BCUT2D eigenvalue weighted by atomic mass is 79.9. The van der Waals surface area contributed by atoms with E-state index in [1.165, 1.54) is 44.1 Å². The Bertz CT molecular complexity index is 2010. The number of ketones is 2.